The molecule has 1 N–H and O–H groups in total. The van der Waals surface area contributed by atoms with E-state index in [1.54, 1.807) is 0 Å². The van der Waals surface area contributed by atoms with Crippen molar-refractivity contribution < 1.29 is 0 Å². The summed E-state index contributed by atoms with van der Waals surface area (Å²) in [6.07, 6.45) is 5.01. The van der Waals surface area contributed by atoms with E-state index in [-0.39, 0.29) is 6.04 Å². The number of aryl methyl sites for hydroxylation is 3. The summed E-state index contributed by atoms with van der Waals surface area (Å²) in [6, 6.07) is 4.29. The lowest BCUT2D eigenvalue weighted by Crippen LogP contribution is -2.23. The van der Waals surface area contributed by atoms with Crippen molar-refractivity contribution in [3.8, 4) is 0 Å². The molecule has 0 amide bonds. The maximum atomic E-state index is 4.55. The van der Waals surface area contributed by atoms with Gasteiger partial charge >= 0.3 is 0 Å². The Morgan fingerprint density at radius 1 is 1.32 bits per heavy atom. The van der Waals surface area contributed by atoms with Crippen molar-refractivity contribution in [3.05, 3.63) is 47.3 Å². The fourth-order valence-electron chi connectivity index (χ4n) is 2.44. The van der Waals surface area contributed by atoms with Crippen molar-refractivity contribution >= 4 is 0 Å². The van der Waals surface area contributed by atoms with Crippen LogP contribution in [0, 0.1) is 13.8 Å². The first-order valence-electron chi connectivity index (χ1n) is 6.79. The van der Waals surface area contributed by atoms with Crippen LogP contribution >= 0.6 is 0 Å². The number of nitrogens with zero attached hydrogens (tertiary/aromatic N) is 3. The largest absolute Gasteiger partial charge is 0.333 e. The third-order valence-corrected chi connectivity index (χ3v) is 3.34. The first-order chi connectivity index (χ1) is 9.17. The quantitative estimate of drug-likeness (QED) is 0.896. The van der Waals surface area contributed by atoms with Crippen LogP contribution in [0.2, 0.25) is 0 Å². The highest BCUT2D eigenvalue weighted by atomic mass is 15.1. The zero-order chi connectivity index (χ0) is 13.8. The van der Waals surface area contributed by atoms with Crippen LogP contribution in [-0.4, -0.2) is 21.6 Å². The first kappa shape index (κ1) is 13.7. The third kappa shape index (κ3) is 2.84. The van der Waals surface area contributed by atoms with Crippen molar-refractivity contribution in [2.45, 2.75) is 39.8 Å². The van der Waals surface area contributed by atoms with Crippen molar-refractivity contribution in [3.63, 3.8) is 0 Å². The SMILES string of the molecule is CCCn1ccnc1C(NC)c1ccc(C)nc1C. The molecular weight excluding hydrogens is 236 g/mol. The van der Waals surface area contributed by atoms with Crippen molar-refractivity contribution in [1.82, 2.24) is 19.9 Å². The highest BCUT2D eigenvalue weighted by Crippen LogP contribution is 2.23. The Hall–Kier alpha value is -1.68. The summed E-state index contributed by atoms with van der Waals surface area (Å²) >= 11 is 0. The zero-order valence-corrected chi connectivity index (χ0v) is 12.1. The van der Waals surface area contributed by atoms with Crippen LogP contribution in [0.4, 0.5) is 0 Å². The predicted molar refractivity (Wildman–Crippen MR) is 77.1 cm³/mol. The topological polar surface area (TPSA) is 42.7 Å². The molecule has 0 aliphatic carbocycles. The Labute approximate surface area is 114 Å². The van der Waals surface area contributed by atoms with Gasteiger partial charge in [0.2, 0.25) is 0 Å². The monoisotopic (exact) mass is 258 g/mol. The van der Waals surface area contributed by atoms with Gasteiger partial charge in [-0.15, -0.1) is 0 Å². The van der Waals surface area contributed by atoms with Crippen LogP contribution in [0.5, 0.6) is 0 Å². The molecule has 0 spiro atoms. The molecule has 0 fully saturated rings. The molecule has 4 heteroatoms. The van der Waals surface area contributed by atoms with Gasteiger partial charge in [-0.1, -0.05) is 13.0 Å². The fraction of sp³-hybridized carbons (Fsp3) is 0.467. The molecule has 2 aromatic rings. The second-order valence-corrected chi connectivity index (χ2v) is 4.83. The summed E-state index contributed by atoms with van der Waals surface area (Å²) in [6.45, 7) is 7.24. The summed E-state index contributed by atoms with van der Waals surface area (Å²) in [5, 5.41) is 3.36. The van der Waals surface area contributed by atoms with Crippen LogP contribution < -0.4 is 5.32 Å². The van der Waals surface area contributed by atoms with Crippen LogP contribution in [0.15, 0.2) is 24.5 Å². The van der Waals surface area contributed by atoms with Gasteiger partial charge in [-0.25, -0.2) is 4.98 Å². The molecule has 0 saturated heterocycles. The minimum absolute atomic E-state index is 0.0923. The first-order valence-corrected chi connectivity index (χ1v) is 6.79. The van der Waals surface area contributed by atoms with Gasteiger partial charge in [-0.3, -0.25) is 4.98 Å². The van der Waals surface area contributed by atoms with Crippen molar-refractivity contribution in [2.75, 3.05) is 7.05 Å². The summed E-state index contributed by atoms with van der Waals surface area (Å²) in [5.41, 5.74) is 3.30. The lowest BCUT2D eigenvalue weighted by molar-refractivity contribution is 0.565. The molecule has 1 unspecified atom stereocenters. The average molecular weight is 258 g/mol. The Morgan fingerprint density at radius 2 is 2.11 bits per heavy atom. The Morgan fingerprint density at radius 3 is 2.74 bits per heavy atom. The fourth-order valence-corrected chi connectivity index (χ4v) is 2.44. The van der Waals surface area contributed by atoms with Gasteiger partial charge in [0.25, 0.3) is 0 Å². The van der Waals surface area contributed by atoms with E-state index in [0.717, 1.165) is 30.2 Å². The second kappa shape index (κ2) is 5.97. The average Bonchev–Trinajstić information content (AvgIpc) is 2.82. The molecule has 4 nitrogen and oxygen atoms in total. The highest BCUT2D eigenvalue weighted by Gasteiger charge is 2.19. The molecule has 0 bridgehead atoms. The lowest BCUT2D eigenvalue weighted by Gasteiger charge is -2.19. The molecule has 1 atom stereocenters. The van der Waals surface area contributed by atoms with E-state index >= 15 is 0 Å². The summed E-state index contributed by atoms with van der Waals surface area (Å²) in [4.78, 5) is 9.07. The van der Waals surface area contributed by atoms with Crippen molar-refractivity contribution in [2.24, 2.45) is 0 Å². The normalized spacial score (nSPS) is 12.6. The number of pyridine rings is 1. The molecule has 0 aliphatic heterocycles. The Bertz CT molecular complexity index is 545. The molecule has 0 aliphatic rings. The second-order valence-electron chi connectivity index (χ2n) is 4.83. The lowest BCUT2D eigenvalue weighted by atomic mass is 10.0. The number of nitrogens with one attached hydrogen (secondary N) is 1. The van der Waals surface area contributed by atoms with Crippen LogP contribution in [-0.2, 0) is 6.54 Å². The van der Waals surface area contributed by atoms with E-state index in [1.165, 1.54) is 5.56 Å². The number of aromatic nitrogens is 3. The van der Waals surface area contributed by atoms with Gasteiger partial charge in [0.1, 0.15) is 5.82 Å². The maximum absolute atomic E-state index is 4.55. The van der Waals surface area contributed by atoms with Gasteiger partial charge in [-0.2, -0.15) is 0 Å². The van der Waals surface area contributed by atoms with Gasteiger partial charge < -0.3 is 9.88 Å². The third-order valence-electron chi connectivity index (χ3n) is 3.34. The van der Waals surface area contributed by atoms with Gasteiger partial charge in [0.15, 0.2) is 0 Å². The van der Waals surface area contributed by atoms with E-state index in [4.69, 9.17) is 0 Å². The Balaban J connectivity index is 2.41. The minimum atomic E-state index is 0.0923. The summed E-state index contributed by atoms with van der Waals surface area (Å²) in [5.74, 6) is 1.05. The van der Waals surface area contributed by atoms with Crippen LogP contribution in [0.3, 0.4) is 0 Å². The van der Waals surface area contributed by atoms with Gasteiger partial charge in [0.05, 0.1) is 6.04 Å². The van der Waals surface area contributed by atoms with Crippen LogP contribution in [0.1, 0.15) is 42.2 Å². The van der Waals surface area contributed by atoms with E-state index in [0.29, 0.717) is 0 Å². The number of imidazole rings is 1. The van der Waals surface area contributed by atoms with Gasteiger partial charge in [0, 0.05) is 30.3 Å². The molecule has 0 radical (unpaired) electrons. The van der Waals surface area contributed by atoms with E-state index in [9.17, 15) is 0 Å². The summed E-state index contributed by atoms with van der Waals surface area (Å²) < 4.78 is 2.21. The predicted octanol–water partition coefficient (Wildman–Crippen LogP) is 2.61. The standard InChI is InChI=1S/C15H22N4/c1-5-9-19-10-8-17-15(19)14(16-4)13-7-6-11(2)18-12(13)3/h6-8,10,14,16H,5,9H2,1-4H3. The molecule has 102 valence electrons. The molecule has 2 rings (SSSR count). The smallest absolute Gasteiger partial charge is 0.130 e. The maximum Gasteiger partial charge on any atom is 0.130 e. The molecule has 19 heavy (non-hydrogen) atoms. The Kier molecular flexibility index (Phi) is 4.32. The van der Waals surface area contributed by atoms with Gasteiger partial charge in [-0.05, 0) is 38.9 Å². The van der Waals surface area contributed by atoms with E-state index in [1.807, 2.05) is 26.4 Å². The van der Waals surface area contributed by atoms with E-state index < -0.39 is 0 Å². The molecule has 0 aromatic carbocycles. The van der Waals surface area contributed by atoms with Crippen molar-refractivity contribution in [1.29, 1.82) is 0 Å². The minimum Gasteiger partial charge on any atom is -0.333 e. The number of hydrogen-bond donors (Lipinski definition) is 1. The zero-order valence-electron chi connectivity index (χ0n) is 12.1. The van der Waals surface area contributed by atoms with E-state index in [2.05, 4.69) is 45.8 Å². The van der Waals surface area contributed by atoms with Crippen LogP contribution in [0.25, 0.3) is 0 Å². The molecule has 0 saturated carbocycles. The molecule has 2 aromatic heterocycles. The molecular formula is C15H22N4. The molecule has 2 heterocycles. The number of rotatable bonds is 5. The highest BCUT2D eigenvalue weighted by molar-refractivity contribution is 5.30. The summed E-state index contributed by atoms with van der Waals surface area (Å²) in [7, 11) is 1.97. The number of hydrogen-bond acceptors (Lipinski definition) is 3.